The number of nitrogens with one attached hydrogen (secondary N) is 1. The highest BCUT2D eigenvalue weighted by Crippen LogP contribution is 2.33. The molecular weight excluding hydrogens is 246 g/mol. The van der Waals surface area contributed by atoms with Crippen LogP contribution in [-0.4, -0.2) is 41.8 Å². The highest BCUT2D eigenvalue weighted by atomic mass is 19.3. The molecule has 0 aromatic heterocycles. The van der Waals surface area contributed by atoms with Crippen LogP contribution < -0.4 is 5.32 Å². The van der Waals surface area contributed by atoms with Gasteiger partial charge in [0, 0.05) is 0 Å². The molecule has 0 radical (unpaired) electrons. The van der Waals surface area contributed by atoms with Gasteiger partial charge in [0.1, 0.15) is 12.2 Å². The van der Waals surface area contributed by atoms with Crippen LogP contribution in [0, 0.1) is 0 Å². The van der Waals surface area contributed by atoms with E-state index in [1.807, 2.05) is 0 Å². The fourth-order valence-electron chi connectivity index (χ4n) is 0.742. The van der Waals surface area contributed by atoms with Gasteiger partial charge in [0.15, 0.2) is 0 Å². The monoisotopic (exact) mass is 261 g/mol. The van der Waals surface area contributed by atoms with E-state index in [1.54, 1.807) is 0 Å². The summed E-state index contributed by atoms with van der Waals surface area (Å²) in [6, 6.07) is 0. The Morgan fingerprint density at radius 3 is 2.00 bits per heavy atom. The number of hydrogen-bond donors (Lipinski definition) is 2. The molecule has 0 spiro atoms. The van der Waals surface area contributed by atoms with Crippen LogP contribution in [0.3, 0.4) is 0 Å². The van der Waals surface area contributed by atoms with Gasteiger partial charge in [-0.15, -0.1) is 0 Å². The summed E-state index contributed by atoms with van der Waals surface area (Å²) in [5.74, 6) is -9.14. The number of carbonyl (C=O) groups is 1. The Balaban J connectivity index is 4.33. The van der Waals surface area contributed by atoms with Gasteiger partial charge in [-0.05, 0) is 20.8 Å². The third kappa shape index (κ3) is 5.20. The summed E-state index contributed by atoms with van der Waals surface area (Å²) in [5, 5.41) is 9.63. The highest BCUT2D eigenvalue weighted by molar-refractivity contribution is 5.67. The number of aliphatic hydroxyl groups is 1. The number of aliphatic hydroxyl groups excluding tert-OH is 1. The van der Waals surface area contributed by atoms with Gasteiger partial charge < -0.3 is 15.2 Å². The van der Waals surface area contributed by atoms with E-state index in [4.69, 9.17) is 5.11 Å². The van der Waals surface area contributed by atoms with Gasteiger partial charge in [0.2, 0.25) is 0 Å². The average Bonchev–Trinajstić information content (AvgIpc) is 2.12. The molecule has 0 aromatic rings. The Bertz CT molecular complexity index is 276. The second-order valence-corrected chi connectivity index (χ2v) is 4.42. The molecule has 0 aliphatic heterocycles. The van der Waals surface area contributed by atoms with Gasteiger partial charge in [-0.2, -0.15) is 17.6 Å². The maximum Gasteiger partial charge on any atom is 0.407 e. The largest absolute Gasteiger partial charge is 0.444 e. The zero-order valence-corrected chi connectivity index (χ0v) is 9.69. The number of amides is 1. The van der Waals surface area contributed by atoms with Crippen molar-refractivity contribution in [1.82, 2.24) is 5.32 Å². The number of rotatable bonds is 4. The summed E-state index contributed by atoms with van der Waals surface area (Å²) in [6.07, 6.45) is -1.23. The fraction of sp³-hybridized carbons (Fsp3) is 0.889. The minimum absolute atomic E-state index is 0.918. The fourth-order valence-corrected chi connectivity index (χ4v) is 0.742. The zero-order chi connectivity index (χ0) is 13.9. The number of halogens is 4. The Kier molecular flexibility index (Phi) is 4.76. The molecule has 0 atom stereocenters. The summed E-state index contributed by atoms with van der Waals surface area (Å²) >= 11 is 0. The number of hydrogen-bond acceptors (Lipinski definition) is 3. The van der Waals surface area contributed by atoms with Crippen LogP contribution in [0.25, 0.3) is 0 Å². The van der Waals surface area contributed by atoms with Gasteiger partial charge in [-0.1, -0.05) is 0 Å². The highest BCUT2D eigenvalue weighted by Gasteiger charge is 2.55. The van der Waals surface area contributed by atoms with Crippen molar-refractivity contribution in [2.75, 3.05) is 13.2 Å². The van der Waals surface area contributed by atoms with Crippen molar-refractivity contribution in [3.63, 3.8) is 0 Å². The summed E-state index contributed by atoms with van der Waals surface area (Å²) in [6.45, 7) is 0.860. The first-order valence-electron chi connectivity index (χ1n) is 4.75. The summed E-state index contributed by atoms with van der Waals surface area (Å²) < 4.78 is 55.3. The Morgan fingerprint density at radius 1 is 1.18 bits per heavy atom. The molecule has 0 bridgehead atoms. The molecule has 2 N–H and O–H groups in total. The van der Waals surface area contributed by atoms with Crippen LogP contribution in [-0.2, 0) is 4.74 Å². The quantitative estimate of drug-likeness (QED) is 0.758. The molecule has 0 heterocycles. The number of alkyl halides is 4. The van der Waals surface area contributed by atoms with Crippen molar-refractivity contribution in [2.45, 2.75) is 38.2 Å². The maximum atomic E-state index is 12.8. The van der Waals surface area contributed by atoms with Crippen LogP contribution in [0.2, 0.25) is 0 Å². The van der Waals surface area contributed by atoms with Crippen LogP contribution in [0.1, 0.15) is 20.8 Å². The molecule has 102 valence electrons. The minimum Gasteiger partial charge on any atom is -0.444 e. The van der Waals surface area contributed by atoms with Crippen molar-refractivity contribution < 1.29 is 32.2 Å². The van der Waals surface area contributed by atoms with E-state index in [-0.39, 0.29) is 0 Å². The first kappa shape index (κ1) is 16.0. The lowest BCUT2D eigenvalue weighted by molar-refractivity contribution is -0.221. The van der Waals surface area contributed by atoms with E-state index in [1.165, 1.54) is 26.1 Å². The van der Waals surface area contributed by atoms with Gasteiger partial charge in [-0.25, -0.2) is 4.79 Å². The number of ether oxygens (including phenoxy) is 1. The van der Waals surface area contributed by atoms with E-state index in [0.717, 1.165) is 0 Å². The predicted molar refractivity (Wildman–Crippen MR) is 51.2 cm³/mol. The molecule has 8 heteroatoms. The van der Waals surface area contributed by atoms with Crippen molar-refractivity contribution in [3.05, 3.63) is 0 Å². The lowest BCUT2D eigenvalue weighted by Crippen LogP contribution is -2.51. The molecular formula is C9H15F4NO3. The van der Waals surface area contributed by atoms with Crippen LogP contribution in [0.4, 0.5) is 22.4 Å². The standard InChI is InChI=1S/C9H15F4NO3/c1-7(2,3)17-6(16)14-4-8(10,11)9(12,13)5-15/h15H,4-5H2,1-3H3,(H,14,16). The molecule has 17 heavy (non-hydrogen) atoms. The van der Waals surface area contributed by atoms with Crippen LogP contribution in [0.5, 0.6) is 0 Å². The number of carbonyl (C=O) groups excluding carboxylic acids is 1. The normalized spacial score (nSPS) is 13.4. The maximum absolute atomic E-state index is 12.8. The molecule has 0 aliphatic carbocycles. The topological polar surface area (TPSA) is 58.6 Å². The molecule has 0 saturated heterocycles. The number of alkyl carbamates (subject to hydrolysis) is 1. The molecule has 0 fully saturated rings. The third-order valence-electron chi connectivity index (χ3n) is 1.59. The lowest BCUT2D eigenvalue weighted by Gasteiger charge is -2.26. The summed E-state index contributed by atoms with van der Waals surface area (Å²) in [4.78, 5) is 10.9. The first-order chi connectivity index (χ1) is 7.41. The van der Waals surface area contributed by atoms with Gasteiger partial charge >= 0.3 is 17.9 Å². The van der Waals surface area contributed by atoms with Crippen molar-refractivity contribution >= 4 is 6.09 Å². The van der Waals surface area contributed by atoms with Gasteiger partial charge in [0.25, 0.3) is 0 Å². The van der Waals surface area contributed by atoms with Crippen molar-refractivity contribution in [1.29, 1.82) is 0 Å². The van der Waals surface area contributed by atoms with E-state index in [9.17, 15) is 22.4 Å². The Morgan fingerprint density at radius 2 is 1.65 bits per heavy atom. The van der Waals surface area contributed by atoms with E-state index in [2.05, 4.69) is 4.74 Å². The van der Waals surface area contributed by atoms with Gasteiger partial charge in [0.05, 0.1) is 6.54 Å². The minimum atomic E-state index is -4.60. The van der Waals surface area contributed by atoms with Crippen LogP contribution >= 0.6 is 0 Å². The third-order valence-corrected chi connectivity index (χ3v) is 1.59. The predicted octanol–water partition coefficient (Wildman–Crippen LogP) is 1.77. The molecule has 0 rings (SSSR count). The van der Waals surface area contributed by atoms with E-state index >= 15 is 0 Å². The molecule has 0 aromatic carbocycles. The average molecular weight is 261 g/mol. The zero-order valence-electron chi connectivity index (χ0n) is 9.69. The second kappa shape index (κ2) is 5.07. The van der Waals surface area contributed by atoms with E-state index < -0.39 is 36.7 Å². The summed E-state index contributed by atoms with van der Waals surface area (Å²) in [7, 11) is 0. The Labute approximate surface area is 95.9 Å². The molecule has 0 aliphatic rings. The lowest BCUT2D eigenvalue weighted by atomic mass is 10.2. The molecule has 0 saturated carbocycles. The van der Waals surface area contributed by atoms with Crippen LogP contribution in [0.15, 0.2) is 0 Å². The molecule has 4 nitrogen and oxygen atoms in total. The van der Waals surface area contributed by atoms with E-state index in [0.29, 0.717) is 0 Å². The Hall–Kier alpha value is -1.05. The molecule has 1 amide bonds. The first-order valence-corrected chi connectivity index (χ1v) is 4.75. The van der Waals surface area contributed by atoms with Crippen molar-refractivity contribution in [3.8, 4) is 0 Å². The SMILES string of the molecule is CC(C)(C)OC(=O)NCC(F)(F)C(F)(F)CO. The second-order valence-electron chi connectivity index (χ2n) is 4.42. The molecule has 0 unspecified atom stereocenters. The summed E-state index contributed by atoms with van der Waals surface area (Å²) in [5.41, 5.74) is -0.918. The van der Waals surface area contributed by atoms with Crippen molar-refractivity contribution in [2.24, 2.45) is 0 Å². The van der Waals surface area contributed by atoms with Gasteiger partial charge in [-0.3, -0.25) is 0 Å². The smallest absolute Gasteiger partial charge is 0.407 e.